The van der Waals surface area contributed by atoms with E-state index in [1.165, 1.54) is 23.1 Å². The van der Waals surface area contributed by atoms with Crippen LogP contribution >= 0.6 is 35.1 Å². The molecule has 2 aromatic carbocycles. The van der Waals surface area contributed by atoms with E-state index in [0.29, 0.717) is 17.5 Å². The van der Waals surface area contributed by atoms with Gasteiger partial charge in [-0.3, -0.25) is 4.79 Å². The average Bonchev–Trinajstić information content (AvgIpc) is 3.33. The van der Waals surface area contributed by atoms with E-state index >= 15 is 0 Å². The van der Waals surface area contributed by atoms with E-state index in [1.807, 2.05) is 0 Å². The van der Waals surface area contributed by atoms with Crippen LogP contribution in [-0.4, -0.2) is 56.2 Å². The van der Waals surface area contributed by atoms with Crippen molar-refractivity contribution in [3.8, 4) is 0 Å². The zero-order valence-electron chi connectivity index (χ0n) is 18.7. The van der Waals surface area contributed by atoms with Crippen molar-refractivity contribution in [1.29, 1.82) is 0 Å². The first-order valence-electron chi connectivity index (χ1n) is 10.7. The molecule has 0 aromatic heterocycles. The molecule has 0 radical (unpaired) electrons. The Hall–Kier alpha value is -1.79. The van der Waals surface area contributed by atoms with Crippen molar-refractivity contribution in [2.75, 3.05) is 25.1 Å². The van der Waals surface area contributed by atoms with E-state index in [1.54, 1.807) is 18.2 Å². The van der Waals surface area contributed by atoms with Crippen molar-refractivity contribution in [1.82, 2.24) is 4.90 Å². The van der Waals surface area contributed by atoms with Crippen molar-refractivity contribution in [3.05, 3.63) is 68.7 Å². The lowest BCUT2D eigenvalue weighted by molar-refractivity contribution is -0.166. The van der Waals surface area contributed by atoms with Crippen molar-refractivity contribution < 1.29 is 31.1 Å². The summed E-state index contributed by atoms with van der Waals surface area (Å²) in [6.07, 6.45) is -4.01. The summed E-state index contributed by atoms with van der Waals surface area (Å²) in [5, 5.41) is 0.222. The number of benzene rings is 2. The summed E-state index contributed by atoms with van der Waals surface area (Å²) in [5.41, 5.74) is 1.67. The van der Waals surface area contributed by atoms with E-state index in [0.717, 1.165) is 17.4 Å². The van der Waals surface area contributed by atoms with Crippen LogP contribution in [-0.2, 0) is 36.3 Å². The number of rotatable bonds is 4. The Morgan fingerprint density at radius 1 is 1.17 bits per heavy atom. The third-order valence-corrected chi connectivity index (χ3v) is 9.02. The maximum atomic E-state index is 14.4. The van der Waals surface area contributed by atoms with Gasteiger partial charge in [-0.05, 0) is 58.5 Å². The number of sulfone groups is 1. The number of carbonyl (C=O) groups excluding carboxylic acids is 1. The summed E-state index contributed by atoms with van der Waals surface area (Å²) in [7, 11) is -3.44. The predicted molar refractivity (Wildman–Crippen MR) is 132 cm³/mol. The van der Waals surface area contributed by atoms with Crippen molar-refractivity contribution in [3.63, 3.8) is 0 Å². The van der Waals surface area contributed by atoms with Gasteiger partial charge in [-0.2, -0.15) is 13.2 Å². The lowest BCUT2D eigenvalue weighted by atomic mass is 9.83. The lowest BCUT2D eigenvalue weighted by Gasteiger charge is -2.47. The topological polar surface area (TPSA) is 76.0 Å². The van der Waals surface area contributed by atoms with Gasteiger partial charge in [0.1, 0.15) is 11.4 Å². The van der Waals surface area contributed by atoms with Crippen molar-refractivity contribution in [2.45, 2.75) is 29.6 Å². The minimum absolute atomic E-state index is 0.0620. The maximum absolute atomic E-state index is 14.4. The molecule has 6 nitrogen and oxygen atoms in total. The van der Waals surface area contributed by atoms with Crippen molar-refractivity contribution >= 4 is 56.6 Å². The molecule has 3 aliphatic heterocycles. The van der Waals surface area contributed by atoms with Crippen LogP contribution in [0.3, 0.4) is 0 Å². The number of likely N-dealkylation sites (tertiary alicyclic amines) is 1. The van der Waals surface area contributed by atoms with E-state index in [4.69, 9.17) is 27.9 Å². The first-order chi connectivity index (χ1) is 16.7. The molecule has 1 fully saturated rings. The highest BCUT2D eigenvalue weighted by atomic mass is 35.5. The van der Waals surface area contributed by atoms with Crippen LogP contribution in [0.1, 0.15) is 28.7 Å². The third kappa shape index (κ3) is 4.42. The summed E-state index contributed by atoms with van der Waals surface area (Å²) in [6.45, 7) is 0.667. The Balaban J connectivity index is 1.37. The number of nitrogens with zero attached hydrogens (tertiary/aromatic N) is 2. The van der Waals surface area contributed by atoms with Gasteiger partial charge in [0.2, 0.25) is 5.91 Å². The van der Waals surface area contributed by atoms with Gasteiger partial charge in [0.15, 0.2) is 14.6 Å². The summed E-state index contributed by atoms with van der Waals surface area (Å²) in [5.74, 6) is -1.05. The summed E-state index contributed by atoms with van der Waals surface area (Å²) >= 11 is 12.4. The second kappa shape index (κ2) is 8.62. The molecule has 1 spiro atoms. The lowest BCUT2D eigenvalue weighted by Crippen LogP contribution is -2.62. The zero-order valence-corrected chi connectivity index (χ0v) is 21.9. The van der Waals surface area contributed by atoms with Gasteiger partial charge in [0.05, 0.1) is 25.4 Å². The van der Waals surface area contributed by atoms with Crippen LogP contribution in [0.5, 0.6) is 0 Å². The first kappa shape index (κ1) is 25.8. The molecule has 3 aliphatic rings. The summed E-state index contributed by atoms with van der Waals surface area (Å²) in [6, 6.07) is 9.16. The Kier molecular flexibility index (Phi) is 6.19. The second-order valence-corrected chi connectivity index (χ2v) is 13.3. The molecule has 0 bridgehead atoms. The molecule has 36 heavy (non-hydrogen) atoms. The SMILES string of the molecule is CS(=O)(=O)CC(=O)N1CC2(C1)OCc1cc(C3=NSC(c4cc(Cl)cc(Cl)c4)(C(F)(F)F)C3)ccc12. The molecule has 192 valence electrons. The third-order valence-electron chi connectivity index (χ3n) is 6.58. The van der Waals surface area contributed by atoms with Crippen LogP contribution in [0.4, 0.5) is 13.2 Å². The molecule has 0 saturated carbocycles. The van der Waals surface area contributed by atoms with Gasteiger partial charge in [-0.15, -0.1) is 0 Å². The van der Waals surface area contributed by atoms with E-state index in [9.17, 15) is 26.4 Å². The van der Waals surface area contributed by atoms with Crippen LogP contribution in [0, 0.1) is 0 Å². The molecule has 3 heterocycles. The Labute approximate surface area is 219 Å². The Morgan fingerprint density at radius 2 is 1.83 bits per heavy atom. The fourth-order valence-corrected chi connectivity index (χ4v) is 6.92. The van der Waals surface area contributed by atoms with E-state index < -0.39 is 44.4 Å². The monoisotopic (exact) mass is 578 g/mol. The highest BCUT2D eigenvalue weighted by molar-refractivity contribution is 7.99. The Morgan fingerprint density at radius 3 is 2.44 bits per heavy atom. The fraction of sp³-hybridized carbons (Fsp3) is 0.391. The number of hydrogen-bond donors (Lipinski definition) is 0. The molecule has 0 N–H and O–H groups in total. The molecule has 2 aromatic rings. The summed E-state index contributed by atoms with van der Waals surface area (Å²) in [4.78, 5) is 13.6. The van der Waals surface area contributed by atoms with Crippen LogP contribution in [0.2, 0.25) is 10.0 Å². The fourth-order valence-electron chi connectivity index (χ4n) is 4.80. The van der Waals surface area contributed by atoms with Gasteiger partial charge < -0.3 is 9.64 Å². The number of ether oxygens (including phenoxy) is 1. The van der Waals surface area contributed by atoms with Crippen molar-refractivity contribution in [2.24, 2.45) is 4.40 Å². The number of fused-ring (bicyclic) bond motifs is 2. The zero-order chi connectivity index (χ0) is 26.1. The molecule has 1 unspecified atom stereocenters. The number of amides is 1. The molecule has 1 saturated heterocycles. The molecular formula is C23H19Cl2F3N2O4S2. The van der Waals surface area contributed by atoms with Crippen LogP contribution in [0.15, 0.2) is 40.8 Å². The second-order valence-electron chi connectivity index (χ2n) is 9.26. The van der Waals surface area contributed by atoms with Gasteiger partial charge in [-0.25, -0.2) is 12.8 Å². The molecular weight excluding hydrogens is 560 g/mol. The predicted octanol–water partition coefficient (Wildman–Crippen LogP) is 4.90. The summed E-state index contributed by atoms with van der Waals surface area (Å²) < 4.78 is 73.8. The number of halogens is 5. The largest absolute Gasteiger partial charge is 0.409 e. The average molecular weight is 579 g/mol. The standard InChI is InChI=1S/C23H19Cl2F3N2O4S2/c1-36(32,33)10-20(31)30-11-21(12-30)18-3-2-13(4-14(18)9-34-21)19-8-22(35-29-19,23(26,27)28)15-5-16(24)7-17(25)6-15/h2-7H,8-12H2,1H3. The molecule has 0 aliphatic carbocycles. The molecule has 1 atom stereocenters. The smallest absolute Gasteiger partial charge is 0.362 e. The van der Waals surface area contributed by atoms with Crippen LogP contribution < -0.4 is 0 Å². The highest BCUT2D eigenvalue weighted by Gasteiger charge is 2.60. The molecule has 13 heteroatoms. The van der Waals surface area contributed by atoms with E-state index in [2.05, 4.69) is 4.40 Å². The number of alkyl halides is 3. The highest BCUT2D eigenvalue weighted by Crippen LogP contribution is 2.57. The van der Waals surface area contributed by atoms with E-state index in [-0.39, 0.29) is 41.0 Å². The van der Waals surface area contributed by atoms with Gasteiger partial charge >= 0.3 is 6.18 Å². The normalized spacial score (nSPS) is 22.9. The quantitative estimate of drug-likeness (QED) is 0.482. The first-order valence-corrected chi connectivity index (χ1v) is 14.3. The molecule has 5 rings (SSSR count). The van der Waals surface area contributed by atoms with Gasteiger partial charge in [-0.1, -0.05) is 35.3 Å². The minimum Gasteiger partial charge on any atom is -0.362 e. The maximum Gasteiger partial charge on any atom is 0.409 e. The number of hydrogen-bond acceptors (Lipinski definition) is 6. The molecule has 1 amide bonds. The Bertz CT molecular complexity index is 1390. The van der Waals surface area contributed by atoms with Gasteiger partial charge in [0, 0.05) is 22.7 Å². The van der Waals surface area contributed by atoms with Gasteiger partial charge in [0.25, 0.3) is 0 Å². The number of carbonyl (C=O) groups is 1. The minimum atomic E-state index is -4.62. The van der Waals surface area contributed by atoms with Crippen LogP contribution in [0.25, 0.3) is 0 Å².